The molecule has 0 radical (unpaired) electrons. The number of amides is 2. The van der Waals surface area contributed by atoms with Gasteiger partial charge in [-0.1, -0.05) is 42.5 Å². The largest absolute Gasteiger partial charge is 0.484 e. The van der Waals surface area contributed by atoms with E-state index in [9.17, 15) is 18.0 Å². The third-order valence-corrected chi connectivity index (χ3v) is 7.72. The molecule has 0 spiro atoms. The maximum atomic E-state index is 13.1. The van der Waals surface area contributed by atoms with Gasteiger partial charge in [-0.2, -0.15) is 0 Å². The van der Waals surface area contributed by atoms with Gasteiger partial charge in [0.2, 0.25) is 10.0 Å². The fourth-order valence-corrected chi connectivity index (χ4v) is 4.74. The van der Waals surface area contributed by atoms with Crippen molar-refractivity contribution in [3.63, 3.8) is 0 Å². The maximum Gasteiger partial charge on any atom is 0.265 e. The molecule has 0 saturated carbocycles. The molecular weight excluding hydrogens is 494 g/mol. The number of rotatable bonds is 9. The molecular formula is C27H29N3O6S. The second-order valence-electron chi connectivity index (χ2n) is 8.65. The highest BCUT2D eigenvalue weighted by Gasteiger charge is 2.33. The van der Waals surface area contributed by atoms with E-state index in [1.807, 2.05) is 30.3 Å². The average Bonchev–Trinajstić information content (AvgIpc) is 2.91. The number of carbonyl (C=O) groups is 2. The first kappa shape index (κ1) is 26.2. The van der Waals surface area contributed by atoms with Crippen LogP contribution in [0, 0.1) is 0 Å². The van der Waals surface area contributed by atoms with E-state index in [-0.39, 0.29) is 29.9 Å². The number of benzene rings is 3. The van der Waals surface area contributed by atoms with Gasteiger partial charge in [0.1, 0.15) is 11.5 Å². The zero-order valence-electron chi connectivity index (χ0n) is 20.7. The molecule has 194 valence electrons. The van der Waals surface area contributed by atoms with Gasteiger partial charge >= 0.3 is 0 Å². The number of fused-ring (bicyclic) bond motifs is 1. The Labute approximate surface area is 216 Å². The first-order valence-electron chi connectivity index (χ1n) is 11.8. The van der Waals surface area contributed by atoms with Crippen molar-refractivity contribution in [1.29, 1.82) is 0 Å². The molecule has 1 aliphatic heterocycles. The first-order valence-corrected chi connectivity index (χ1v) is 13.2. The van der Waals surface area contributed by atoms with Crippen molar-refractivity contribution in [2.45, 2.75) is 17.4 Å². The Bertz CT molecular complexity index is 1340. The molecule has 0 aliphatic carbocycles. The topological polar surface area (TPSA) is 105 Å². The van der Waals surface area contributed by atoms with Crippen LogP contribution in [0.25, 0.3) is 0 Å². The van der Waals surface area contributed by atoms with Crippen LogP contribution in [0.3, 0.4) is 0 Å². The molecule has 37 heavy (non-hydrogen) atoms. The standard InChI is InChI=1S/C27H29N3O6S/c1-29(2)37(33,34)22-14-12-21(13-15-22)35-19-26(31)30-18-25(36-24-11-7-6-10-23(24)30)27(32)28-17-16-20-8-4-3-5-9-20/h3-15,25H,16-19H2,1-2H3,(H,28,32)/t25-/m0/s1. The lowest BCUT2D eigenvalue weighted by Gasteiger charge is -2.34. The summed E-state index contributed by atoms with van der Waals surface area (Å²) >= 11 is 0. The lowest BCUT2D eigenvalue weighted by atomic mass is 10.1. The summed E-state index contributed by atoms with van der Waals surface area (Å²) in [5, 5.41) is 2.89. The lowest BCUT2D eigenvalue weighted by Crippen LogP contribution is -2.52. The van der Waals surface area contributed by atoms with Gasteiger partial charge in [0, 0.05) is 20.6 Å². The Kier molecular flexibility index (Phi) is 8.10. The molecule has 2 amide bonds. The highest BCUT2D eigenvalue weighted by molar-refractivity contribution is 7.89. The third-order valence-electron chi connectivity index (χ3n) is 5.89. The van der Waals surface area contributed by atoms with Gasteiger partial charge in [-0.3, -0.25) is 9.59 Å². The molecule has 4 rings (SSSR count). The van der Waals surface area contributed by atoms with Gasteiger partial charge in [-0.15, -0.1) is 0 Å². The molecule has 1 atom stereocenters. The summed E-state index contributed by atoms with van der Waals surface area (Å²) < 4.78 is 37.1. The summed E-state index contributed by atoms with van der Waals surface area (Å²) in [6.45, 7) is 0.188. The lowest BCUT2D eigenvalue weighted by molar-refractivity contribution is -0.128. The number of anilines is 1. The van der Waals surface area contributed by atoms with Crippen LogP contribution < -0.4 is 19.7 Å². The number of ether oxygens (including phenoxy) is 2. The maximum absolute atomic E-state index is 13.1. The molecule has 1 aliphatic rings. The van der Waals surface area contributed by atoms with E-state index >= 15 is 0 Å². The highest BCUT2D eigenvalue weighted by Crippen LogP contribution is 2.33. The van der Waals surface area contributed by atoms with Gasteiger partial charge < -0.3 is 19.7 Å². The van der Waals surface area contributed by atoms with E-state index in [2.05, 4.69) is 5.32 Å². The molecule has 3 aromatic rings. The van der Waals surface area contributed by atoms with Crippen molar-refractivity contribution in [1.82, 2.24) is 9.62 Å². The molecule has 0 aromatic heterocycles. The summed E-state index contributed by atoms with van der Waals surface area (Å²) in [4.78, 5) is 27.6. The molecule has 3 aromatic carbocycles. The minimum Gasteiger partial charge on any atom is -0.484 e. The number of sulfonamides is 1. The molecule has 9 nitrogen and oxygen atoms in total. The third kappa shape index (κ3) is 6.28. The smallest absolute Gasteiger partial charge is 0.265 e. The quantitative estimate of drug-likeness (QED) is 0.462. The Morgan fingerprint density at radius 1 is 1.00 bits per heavy atom. The number of carbonyl (C=O) groups excluding carboxylic acids is 2. The second-order valence-corrected chi connectivity index (χ2v) is 10.8. The van der Waals surface area contributed by atoms with Crippen LogP contribution in [0.5, 0.6) is 11.5 Å². The second kappa shape index (κ2) is 11.4. The summed E-state index contributed by atoms with van der Waals surface area (Å²) in [5.41, 5.74) is 1.66. The van der Waals surface area contributed by atoms with Crippen LogP contribution in [0.2, 0.25) is 0 Å². The Morgan fingerprint density at radius 2 is 1.68 bits per heavy atom. The van der Waals surface area contributed by atoms with Gasteiger partial charge in [0.05, 0.1) is 17.1 Å². The predicted molar refractivity (Wildman–Crippen MR) is 139 cm³/mol. The van der Waals surface area contributed by atoms with Crippen molar-refractivity contribution < 1.29 is 27.5 Å². The Balaban J connectivity index is 1.39. The van der Waals surface area contributed by atoms with Crippen LogP contribution in [-0.2, 0) is 26.0 Å². The van der Waals surface area contributed by atoms with Crippen LogP contribution >= 0.6 is 0 Å². The number of hydrogen-bond donors (Lipinski definition) is 1. The van der Waals surface area contributed by atoms with Crippen LogP contribution in [-0.4, -0.2) is 64.4 Å². The van der Waals surface area contributed by atoms with Crippen LogP contribution in [0.1, 0.15) is 5.56 Å². The van der Waals surface area contributed by atoms with Crippen LogP contribution in [0.15, 0.2) is 83.8 Å². The molecule has 0 bridgehead atoms. The molecule has 10 heteroatoms. The minimum absolute atomic E-state index is 0.0381. The predicted octanol–water partition coefficient (Wildman–Crippen LogP) is 2.47. The van der Waals surface area contributed by atoms with E-state index in [4.69, 9.17) is 9.47 Å². The van der Waals surface area contributed by atoms with Gasteiger partial charge in [-0.05, 0) is 48.4 Å². The fourth-order valence-electron chi connectivity index (χ4n) is 3.84. The van der Waals surface area contributed by atoms with Gasteiger partial charge in [0.15, 0.2) is 12.7 Å². The number of nitrogens with one attached hydrogen (secondary N) is 1. The van der Waals surface area contributed by atoms with Crippen molar-refractivity contribution in [2.24, 2.45) is 0 Å². The monoisotopic (exact) mass is 523 g/mol. The normalized spacial score (nSPS) is 15.0. The Hall–Kier alpha value is -3.89. The summed E-state index contributed by atoms with van der Waals surface area (Å²) in [7, 11) is -0.654. The van der Waals surface area contributed by atoms with Gasteiger partial charge in [-0.25, -0.2) is 12.7 Å². The minimum atomic E-state index is -3.56. The molecule has 1 N–H and O–H groups in total. The van der Waals surface area contributed by atoms with Crippen molar-refractivity contribution in [3.8, 4) is 11.5 Å². The number of hydrogen-bond acceptors (Lipinski definition) is 6. The van der Waals surface area contributed by atoms with E-state index < -0.39 is 16.1 Å². The number of para-hydroxylation sites is 2. The average molecular weight is 524 g/mol. The van der Waals surface area contributed by atoms with Crippen molar-refractivity contribution in [3.05, 3.63) is 84.4 Å². The molecule has 0 unspecified atom stereocenters. The van der Waals surface area contributed by atoms with Gasteiger partial charge in [0.25, 0.3) is 11.8 Å². The first-order chi connectivity index (χ1) is 17.8. The summed E-state index contributed by atoms with van der Waals surface area (Å²) in [6, 6.07) is 22.7. The summed E-state index contributed by atoms with van der Waals surface area (Å²) in [6.07, 6.45) is -0.189. The zero-order chi connectivity index (χ0) is 26.4. The molecule has 0 saturated heterocycles. The van der Waals surface area contributed by atoms with E-state index in [0.29, 0.717) is 30.2 Å². The fraction of sp³-hybridized carbons (Fsp3) is 0.259. The molecule has 0 fully saturated rings. The van der Waals surface area contributed by atoms with Crippen molar-refractivity contribution >= 4 is 27.5 Å². The van der Waals surface area contributed by atoms with E-state index in [1.54, 1.807) is 24.3 Å². The summed E-state index contributed by atoms with van der Waals surface area (Å²) in [5.74, 6) is 0.121. The van der Waals surface area contributed by atoms with Crippen LogP contribution in [0.4, 0.5) is 5.69 Å². The van der Waals surface area contributed by atoms with Crippen molar-refractivity contribution in [2.75, 3.05) is 38.7 Å². The van der Waals surface area contributed by atoms with E-state index in [0.717, 1.165) is 9.87 Å². The zero-order valence-corrected chi connectivity index (χ0v) is 21.5. The highest BCUT2D eigenvalue weighted by atomic mass is 32.2. The number of nitrogens with zero attached hydrogens (tertiary/aromatic N) is 2. The molecule has 1 heterocycles. The Morgan fingerprint density at radius 3 is 2.38 bits per heavy atom. The van der Waals surface area contributed by atoms with E-state index in [1.165, 1.54) is 43.3 Å². The SMILES string of the molecule is CN(C)S(=O)(=O)c1ccc(OCC(=O)N2C[C@@H](C(=O)NCCc3ccccc3)Oc3ccccc32)cc1.